The van der Waals surface area contributed by atoms with E-state index in [0.29, 0.717) is 5.56 Å². The van der Waals surface area contributed by atoms with E-state index in [1.807, 2.05) is 25.1 Å². The molecule has 3 rings (SSSR count). The minimum absolute atomic E-state index is 0.171. The van der Waals surface area contributed by atoms with Gasteiger partial charge in [-0.1, -0.05) is 41.6 Å². The first-order valence-corrected chi connectivity index (χ1v) is 9.88. The maximum atomic E-state index is 12.1. The number of aryl methyl sites for hydroxylation is 2. The van der Waals surface area contributed by atoms with Crippen molar-refractivity contribution in [1.82, 2.24) is 5.32 Å². The Hall–Kier alpha value is -2.99. The van der Waals surface area contributed by atoms with Crippen LogP contribution in [-0.2, 0) is 29.1 Å². The molecule has 2 N–H and O–H groups in total. The van der Waals surface area contributed by atoms with Gasteiger partial charge < -0.3 is 15.3 Å². The average Bonchev–Trinajstić information content (AvgIpc) is 2.77. The van der Waals surface area contributed by atoms with Crippen LogP contribution in [0.2, 0.25) is 0 Å². The third-order valence-corrected chi connectivity index (χ3v) is 5.13. The van der Waals surface area contributed by atoms with E-state index in [1.54, 1.807) is 6.07 Å². The number of benzene rings is 2. The monoisotopic (exact) mass is 393 g/mol. The van der Waals surface area contributed by atoms with Crippen LogP contribution in [0.4, 0.5) is 0 Å². The first-order chi connectivity index (χ1) is 14.1. The van der Waals surface area contributed by atoms with E-state index in [2.05, 4.69) is 33.7 Å². The fourth-order valence-corrected chi connectivity index (χ4v) is 3.56. The number of carbonyl (C=O) groups is 1. The quantitative estimate of drug-likeness (QED) is 0.560. The Morgan fingerprint density at radius 3 is 2.66 bits per heavy atom. The lowest BCUT2D eigenvalue weighted by Gasteiger charge is -2.16. The molecular weight excluding hydrogens is 366 g/mol. The Kier molecular flexibility index (Phi) is 7.14. The maximum absolute atomic E-state index is 12.1. The molecule has 0 saturated heterocycles. The number of nitrogens with one attached hydrogen (secondary N) is 1. The van der Waals surface area contributed by atoms with Gasteiger partial charge in [0.25, 0.3) is 5.91 Å². The largest absolute Gasteiger partial charge is 0.391 e. The molecular formula is C23H27N3O3. The molecule has 0 saturated carbocycles. The maximum Gasteiger partial charge on any atom is 0.269 e. The summed E-state index contributed by atoms with van der Waals surface area (Å²) in [4.78, 5) is 21.6. The lowest BCUT2D eigenvalue weighted by molar-refractivity contribution is -0.114. The molecule has 152 valence electrons. The van der Waals surface area contributed by atoms with Crippen molar-refractivity contribution in [2.75, 3.05) is 13.8 Å². The van der Waals surface area contributed by atoms with Crippen LogP contribution in [0.3, 0.4) is 0 Å². The van der Waals surface area contributed by atoms with E-state index in [1.165, 1.54) is 31.0 Å². The smallest absolute Gasteiger partial charge is 0.269 e. The van der Waals surface area contributed by atoms with Gasteiger partial charge in [-0.05, 0) is 55.4 Å². The minimum Gasteiger partial charge on any atom is -0.391 e. The second kappa shape index (κ2) is 9.98. The predicted octanol–water partition coefficient (Wildman–Crippen LogP) is 2.99. The van der Waals surface area contributed by atoms with Gasteiger partial charge in [0.2, 0.25) is 0 Å². The van der Waals surface area contributed by atoms with Gasteiger partial charge in [0.15, 0.2) is 0 Å². The number of oxime groups is 1. The zero-order valence-corrected chi connectivity index (χ0v) is 16.9. The van der Waals surface area contributed by atoms with Gasteiger partial charge in [-0.3, -0.25) is 9.79 Å². The van der Waals surface area contributed by atoms with Crippen LogP contribution in [0.15, 0.2) is 52.6 Å². The lowest BCUT2D eigenvalue weighted by atomic mass is 9.90. The number of likely N-dealkylation sites (N-methyl/N-ethyl adjacent to an activating group) is 1. The first kappa shape index (κ1) is 20.7. The Balaban J connectivity index is 1.75. The van der Waals surface area contributed by atoms with Gasteiger partial charge in [0.1, 0.15) is 19.0 Å². The summed E-state index contributed by atoms with van der Waals surface area (Å²) >= 11 is 0. The second-order valence-corrected chi connectivity index (χ2v) is 7.03. The SMILES string of the molecule is CNC(=O)/C(=N/CO)c1ccccc1CO/N=C(\C)c1ccc2c(c1)CCCC2. The third-order valence-electron chi connectivity index (χ3n) is 5.13. The number of hydrogen-bond donors (Lipinski definition) is 2. The highest BCUT2D eigenvalue weighted by Gasteiger charge is 2.16. The Labute approximate surface area is 171 Å². The molecule has 0 aliphatic heterocycles. The zero-order valence-electron chi connectivity index (χ0n) is 16.9. The van der Waals surface area contributed by atoms with Gasteiger partial charge in [-0.25, -0.2) is 0 Å². The van der Waals surface area contributed by atoms with Crippen molar-refractivity contribution in [2.45, 2.75) is 39.2 Å². The first-order valence-electron chi connectivity index (χ1n) is 9.88. The van der Waals surface area contributed by atoms with Crippen LogP contribution >= 0.6 is 0 Å². The molecule has 0 atom stereocenters. The fourth-order valence-electron chi connectivity index (χ4n) is 3.56. The second-order valence-electron chi connectivity index (χ2n) is 7.03. The zero-order chi connectivity index (χ0) is 20.6. The summed E-state index contributed by atoms with van der Waals surface area (Å²) in [5.41, 5.74) is 6.27. The summed E-state index contributed by atoms with van der Waals surface area (Å²) in [6, 6.07) is 13.8. The van der Waals surface area contributed by atoms with Crippen molar-refractivity contribution in [2.24, 2.45) is 10.1 Å². The van der Waals surface area contributed by atoms with E-state index in [9.17, 15) is 9.90 Å². The molecule has 29 heavy (non-hydrogen) atoms. The molecule has 0 spiro atoms. The Bertz CT molecular complexity index is 935. The summed E-state index contributed by atoms with van der Waals surface area (Å²) in [5.74, 6) is -0.361. The van der Waals surface area contributed by atoms with Crippen LogP contribution in [0.1, 0.15) is 47.6 Å². The number of aliphatic hydroxyl groups excluding tert-OH is 1. The van der Waals surface area contributed by atoms with Crippen molar-refractivity contribution in [3.05, 3.63) is 70.3 Å². The van der Waals surface area contributed by atoms with E-state index in [4.69, 9.17) is 4.84 Å². The number of amides is 1. The van der Waals surface area contributed by atoms with Crippen LogP contribution in [0, 0.1) is 0 Å². The lowest BCUT2D eigenvalue weighted by Crippen LogP contribution is -2.29. The molecule has 0 bridgehead atoms. The highest BCUT2D eigenvalue weighted by Crippen LogP contribution is 2.22. The summed E-state index contributed by atoms with van der Waals surface area (Å²) in [5, 5.41) is 16.0. The van der Waals surface area contributed by atoms with Crippen LogP contribution < -0.4 is 5.32 Å². The highest BCUT2D eigenvalue weighted by molar-refractivity contribution is 6.45. The number of nitrogens with zero attached hydrogens (tertiary/aromatic N) is 2. The van der Waals surface area contributed by atoms with Gasteiger partial charge in [0, 0.05) is 18.2 Å². The van der Waals surface area contributed by atoms with Crippen LogP contribution in [-0.4, -0.2) is 36.2 Å². The fraction of sp³-hybridized carbons (Fsp3) is 0.348. The minimum atomic E-state index is -0.465. The number of hydrogen-bond acceptors (Lipinski definition) is 5. The molecule has 1 aliphatic carbocycles. The summed E-state index contributed by atoms with van der Waals surface area (Å²) < 4.78 is 0. The number of fused-ring (bicyclic) bond motifs is 1. The molecule has 6 heteroatoms. The van der Waals surface area contributed by atoms with Crippen molar-refractivity contribution >= 4 is 17.3 Å². The van der Waals surface area contributed by atoms with Gasteiger partial charge in [-0.2, -0.15) is 0 Å². The molecule has 1 amide bonds. The Morgan fingerprint density at radius 1 is 1.14 bits per heavy atom. The van der Waals surface area contributed by atoms with E-state index >= 15 is 0 Å². The van der Waals surface area contributed by atoms with Crippen molar-refractivity contribution in [3.63, 3.8) is 0 Å². The number of aliphatic imine (C=N–C) groups is 1. The van der Waals surface area contributed by atoms with E-state index < -0.39 is 6.73 Å². The predicted molar refractivity (Wildman–Crippen MR) is 114 cm³/mol. The number of carbonyl (C=O) groups excluding carboxylic acids is 1. The van der Waals surface area contributed by atoms with Crippen molar-refractivity contribution in [3.8, 4) is 0 Å². The molecule has 6 nitrogen and oxygen atoms in total. The summed E-state index contributed by atoms with van der Waals surface area (Å²) in [6.07, 6.45) is 4.78. The molecule has 0 heterocycles. The standard InChI is InChI=1S/C23H27N3O3/c1-16(18-12-11-17-7-3-4-8-19(17)13-18)26-29-14-20-9-5-6-10-21(20)22(25-15-27)23(28)24-2/h5-6,9-13,27H,3-4,7-8,14-15H2,1-2H3,(H,24,28)/b25-22+,26-16+. The van der Waals surface area contributed by atoms with Crippen molar-refractivity contribution in [1.29, 1.82) is 0 Å². The summed E-state index contributed by atoms with van der Waals surface area (Å²) in [6.45, 7) is 1.66. The van der Waals surface area contributed by atoms with E-state index in [-0.39, 0.29) is 18.2 Å². The topological polar surface area (TPSA) is 83.3 Å². The molecule has 0 radical (unpaired) electrons. The van der Waals surface area contributed by atoms with Gasteiger partial charge >= 0.3 is 0 Å². The Morgan fingerprint density at radius 2 is 1.90 bits per heavy atom. The van der Waals surface area contributed by atoms with Crippen molar-refractivity contribution < 1.29 is 14.7 Å². The average molecular weight is 393 g/mol. The third kappa shape index (κ3) is 5.09. The highest BCUT2D eigenvalue weighted by atomic mass is 16.6. The van der Waals surface area contributed by atoms with E-state index in [0.717, 1.165) is 29.7 Å². The van der Waals surface area contributed by atoms with Gasteiger partial charge in [0.05, 0.1) is 5.71 Å². The number of aliphatic hydroxyl groups is 1. The molecule has 2 aromatic rings. The molecule has 0 unspecified atom stereocenters. The molecule has 2 aromatic carbocycles. The van der Waals surface area contributed by atoms with Crippen LogP contribution in [0.5, 0.6) is 0 Å². The van der Waals surface area contributed by atoms with Crippen LogP contribution in [0.25, 0.3) is 0 Å². The molecule has 0 fully saturated rings. The molecule has 0 aromatic heterocycles. The number of rotatable bonds is 7. The summed E-state index contributed by atoms with van der Waals surface area (Å²) in [7, 11) is 1.53. The normalized spacial score (nSPS) is 14.3. The molecule has 1 aliphatic rings. The van der Waals surface area contributed by atoms with Gasteiger partial charge in [-0.15, -0.1) is 0 Å².